The number of benzene rings is 1. The van der Waals surface area contributed by atoms with Crippen LogP contribution in [-0.4, -0.2) is 60.0 Å². The van der Waals surface area contributed by atoms with Crippen LogP contribution in [0.2, 0.25) is 0 Å². The molecule has 1 amide bonds. The van der Waals surface area contributed by atoms with Crippen molar-refractivity contribution in [3.63, 3.8) is 0 Å². The zero-order valence-corrected chi connectivity index (χ0v) is 16.5. The zero-order valence-electron chi connectivity index (χ0n) is 15.7. The van der Waals surface area contributed by atoms with Crippen LogP contribution in [0.5, 0.6) is 5.75 Å². The highest BCUT2D eigenvalue weighted by Gasteiger charge is 2.39. The summed E-state index contributed by atoms with van der Waals surface area (Å²) >= 11 is 0. The number of tetrazole rings is 1. The third-order valence-corrected chi connectivity index (χ3v) is 4.75. The molecule has 1 aliphatic heterocycles. The van der Waals surface area contributed by atoms with E-state index in [-0.39, 0.29) is 18.3 Å². The van der Waals surface area contributed by atoms with Crippen molar-refractivity contribution in [3.8, 4) is 11.4 Å². The summed E-state index contributed by atoms with van der Waals surface area (Å²) in [5, 5.41) is 17.9. The topological polar surface area (TPSA) is 103 Å². The summed E-state index contributed by atoms with van der Waals surface area (Å²) in [6, 6.07) is 5.40. The van der Waals surface area contributed by atoms with Gasteiger partial charge in [0, 0.05) is 12.8 Å². The van der Waals surface area contributed by atoms with Gasteiger partial charge < -0.3 is 20.1 Å². The summed E-state index contributed by atoms with van der Waals surface area (Å²) in [4.78, 5) is 13.0. The molecule has 0 saturated carbocycles. The zero-order chi connectivity index (χ0) is 18.6. The Morgan fingerprint density at radius 3 is 2.67 bits per heavy atom. The number of hydrogen-bond donors (Lipinski definition) is 2. The highest BCUT2D eigenvalue weighted by molar-refractivity contribution is 5.96. The second-order valence-electron chi connectivity index (χ2n) is 6.44. The van der Waals surface area contributed by atoms with E-state index in [1.807, 2.05) is 12.1 Å². The van der Waals surface area contributed by atoms with E-state index in [9.17, 15) is 4.79 Å². The van der Waals surface area contributed by atoms with Crippen molar-refractivity contribution < 1.29 is 14.3 Å². The van der Waals surface area contributed by atoms with E-state index in [0.29, 0.717) is 29.6 Å². The summed E-state index contributed by atoms with van der Waals surface area (Å²) in [5.74, 6) is 1.21. The van der Waals surface area contributed by atoms with Gasteiger partial charge in [-0.2, -0.15) is 4.68 Å². The molecule has 3 rings (SSSR count). The van der Waals surface area contributed by atoms with Gasteiger partial charge in [-0.3, -0.25) is 4.79 Å². The van der Waals surface area contributed by atoms with E-state index in [1.165, 1.54) is 0 Å². The Kier molecular flexibility index (Phi) is 7.11. The van der Waals surface area contributed by atoms with Gasteiger partial charge in [-0.1, -0.05) is 0 Å². The molecular formula is C17H25ClN6O3. The Morgan fingerprint density at radius 1 is 1.33 bits per heavy atom. The van der Waals surface area contributed by atoms with E-state index in [4.69, 9.17) is 9.47 Å². The number of amides is 1. The number of carbonyl (C=O) groups is 1. The van der Waals surface area contributed by atoms with Crippen LogP contribution in [0.3, 0.4) is 0 Å². The molecule has 148 valence electrons. The molecule has 9 nitrogen and oxygen atoms in total. The first-order valence-corrected chi connectivity index (χ1v) is 8.54. The fourth-order valence-electron chi connectivity index (χ4n) is 3.27. The number of methoxy groups -OCH3 is 2. The lowest BCUT2D eigenvalue weighted by Crippen LogP contribution is -2.47. The lowest BCUT2D eigenvalue weighted by atomic mass is 9.78. The van der Waals surface area contributed by atoms with Gasteiger partial charge in [0.05, 0.1) is 19.1 Å². The van der Waals surface area contributed by atoms with Crippen molar-refractivity contribution in [2.45, 2.75) is 19.8 Å². The van der Waals surface area contributed by atoms with E-state index in [2.05, 4.69) is 26.2 Å². The van der Waals surface area contributed by atoms with Gasteiger partial charge in [-0.05, 0) is 61.5 Å². The van der Waals surface area contributed by atoms with E-state index in [1.54, 1.807) is 31.9 Å². The molecule has 0 spiro atoms. The number of aryl methyl sites for hydroxylation is 1. The first-order valence-electron chi connectivity index (χ1n) is 8.54. The molecule has 2 N–H and O–H groups in total. The molecule has 1 aromatic carbocycles. The average molecular weight is 397 g/mol. The van der Waals surface area contributed by atoms with Crippen molar-refractivity contribution in [2.24, 2.45) is 5.41 Å². The van der Waals surface area contributed by atoms with Gasteiger partial charge in [-0.25, -0.2) is 0 Å². The maximum absolute atomic E-state index is 13.0. The third kappa shape index (κ3) is 4.37. The van der Waals surface area contributed by atoms with Crippen LogP contribution in [0.4, 0.5) is 5.69 Å². The molecule has 2 heterocycles. The second-order valence-corrected chi connectivity index (χ2v) is 6.44. The van der Waals surface area contributed by atoms with Crippen LogP contribution in [0.25, 0.3) is 5.69 Å². The summed E-state index contributed by atoms with van der Waals surface area (Å²) in [5.41, 5.74) is 0.804. The standard InChI is InChI=1S/C17H24N6O3.ClH/c1-12-20-21-22-23(12)14-10-13(4-5-15(14)26-3)19-16(24)17(11-25-2)6-8-18-9-7-17;/h4-5,10,18H,6-9,11H2,1-3H3,(H,19,24);1H. The molecule has 1 aromatic heterocycles. The molecule has 10 heteroatoms. The maximum atomic E-state index is 13.0. The van der Waals surface area contributed by atoms with Crippen LogP contribution in [0.15, 0.2) is 18.2 Å². The van der Waals surface area contributed by atoms with Crippen molar-refractivity contribution in [2.75, 3.05) is 39.2 Å². The van der Waals surface area contributed by atoms with Gasteiger partial charge in [0.25, 0.3) is 0 Å². The summed E-state index contributed by atoms with van der Waals surface area (Å²) in [6.45, 7) is 3.80. The second kappa shape index (κ2) is 9.12. The Labute approximate surface area is 164 Å². The number of ether oxygens (including phenoxy) is 2. The number of nitrogens with one attached hydrogen (secondary N) is 2. The summed E-state index contributed by atoms with van der Waals surface area (Å²) < 4.78 is 12.3. The molecule has 0 radical (unpaired) electrons. The average Bonchev–Trinajstić information content (AvgIpc) is 3.08. The van der Waals surface area contributed by atoms with Crippen molar-refractivity contribution in [3.05, 3.63) is 24.0 Å². The van der Waals surface area contributed by atoms with Gasteiger partial charge in [0.15, 0.2) is 5.82 Å². The number of halogens is 1. The third-order valence-electron chi connectivity index (χ3n) is 4.75. The first-order chi connectivity index (χ1) is 12.6. The van der Waals surface area contributed by atoms with Crippen molar-refractivity contribution >= 4 is 24.0 Å². The predicted molar refractivity (Wildman–Crippen MR) is 103 cm³/mol. The van der Waals surface area contributed by atoms with Crippen molar-refractivity contribution in [1.29, 1.82) is 0 Å². The minimum absolute atomic E-state index is 0. The molecule has 0 aliphatic carbocycles. The van der Waals surface area contributed by atoms with Gasteiger partial charge >= 0.3 is 0 Å². The molecule has 0 bridgehead atoms. The molecule has 27 heavy (non-hydrogen) atoms. The smallest absolute Gasteiger partial charge is 0.233 e. The van der Waals surface area contributed by atoms with Gasteiger partial charge in [0.2, 0.25) is 5.91 Å². The Morgan fingerprint density at radius 2 is 2.07 bits per heavy atom. The highest BCUT2D eigenvalue weighted by Crippen LogP contribution is 2.32. The first kappa shape index (κ1) is 21.1. The Bertz CT molecular complexity index is 770. The quantitative estimate of drug-likeness (QED) is 0.759. The Balaban J connectivity index is 0.00000261. The molecule has 1 saturated heterocycles. The summed E-state index contributed by atoms with van der Waals surface area (Å²) in [6.07, 6.45) is 1.48. The number of aromatic nitrogens is 4. The highest BCUT2D eigenvalue weighted by atomic mass is 35.5. The number of nitrogens with zero attached hydrogens (tertiary/aromatic N) is 4. The number of hydrogen-bond acceptors (Lipinski definition) is 7. The van der Waals surface area contributed by atoms with E-state index >= 15 is 0 Å². The van der Waals surface area contributed by atoms with Crippen molar-refractivity contribution in [1.82, 2.24) is 25.5 Å². The minimum atomic E-state index is -0.523. The van der Waals surface area contributed by atoms with Crippen LogP contribution in [0.1, 0.15) is 18.7 Å². The molecular weight excluding hydrogens is 372 g/mol. The van der Waals surface area contributed by atoms with E-state index in [0.717, 1.165) is 25.9 Å². The fourth-order valence-corrected chi connectivity index (χ4v) is 3.27. The van der Waals surface area contributed by atoms with Crippen LogP contribution in [-0.2, 0) is 9.53 Å². The number of rotatable bonds is 6. The number of piperidine rings is 1. The summed E-state index contributed by atoms with van der Waals surface area (Å²) in [7, 11) is 3.21. The number of anilines is 1. The largest absolute Gasteiger partial charge is 0.494 e. The van der Waals surface area contributed by atoms with Crippen LogP contribution in [0, 0.1) is 12.3 Å². The molecule has 0 unspecified atom stereocenters. The predicted octanol–water partition coefficient (Wildman–Crippen LogP) is 1.36. The molecule has 1 fully saturated rings. The fraction of sp³-hybridized carbons (Fsp3) is 0.529. The number of carbonyl (C=O) groups excluding carboxylic acids is 1. The maximum Gasteiger partial charge on any atom is 0.233 e. The Hall–Kier alpha value is -2.23. The van der Waals surface area contributed by atoms with Gasteiger partial charge in [-0.15, -0.1) is 17.5 Å². The van der Waals surface area contributed by atoms with Crippen LogP contribution < -0.4 is 15.4 Å². The SMILES string of the molecule is COCC1(C(=O)Nc2ccc(OC)c(-n3nnnc3C)c2)CCNCC1.Cl. The molecule has 2 aromatic rings. The van der Waals surface area contributed by atoms with E-state index < -0.39 is 5.41 Å². The lowest BCUT2D eigenvalue weighted by Gasteiger charge is -2.35. The van der Waals surface area contributed by atoms with Gasteiger partial charge in [0.1, 0.15) is 11.4 Å². The van der Waals surface area contributed by atoms with Crippen LogP contribution >= 0.6 is 12.4 Å². The molecule has 0 atom stereocenters. The molecule has 1 aliphatic rings. The normalized spacial score (nSPS) is 15.7. The lowest BCUT2D eigenvalue weighted by molar-refractivity contribution is -0.130. The monoisotopic (exact) mass is 396 g/mol. The minimum Gasteiger partial charge on any atom is -0.494 e.